The molecule has 0 amide bonds. The van der Waals surface area contributed by atoms with Crippen LogP contribution in [0.5, 0.6) is 0 Å². The third kappa shape index (κ3) is 2.24. The fourth-order valence-corrected chi connectivity index (χ4v) is 4.37. The Labute approximate surface area is 120 Å². The molecule has 0 aliphatic carbocycles. The van der Waals surface area contributed by atoms with E-state index in [2.05, 4.69) is 15.2 Å². The molecular weight excluding hydrogens is 296 g/mol. The molecule has 2 aromatic rings. The molecule has 1 unspecified atom stereocenters. The van der Waals surface area contributed by atoms with Crippen molar-refractivity contribution in [2.24, 2.45) is 0 Å². The van der Waals surface area contributed by atoms with Gasteiger partial charge in [0, 0.05) is 18.4 Å². The van der Waals surface area contributed by atoms with Gasteiger partial charge in [0.05, 0.1) is 12.2 Å². The maximum Gasteiger partial charge on any atom is 0.340 e. The van der Waals surface area contributed by atoms with Gasteiger partial charge in [-0.3, -0.25) is 5.10 Å². The molecule has 0 bridgehead atoms. The minimum atomic E-state index is -3.93. The lowest BCUT2D eigenvalue weighted by Gasteiger charge is -2.22. The summed E-state index contributed by atoms with van der Waals surface area (Å²) in [5, 5.41) is 14.5. The van der Waals surface area contributed by atoms with E-state index in [1.807, 2.05) is 6.07 Å². The molecule has 1 aliphatic rings. The monoisotopic (exact) mass is 310 g/mol. The Kier molecular flexibility index (Phi) is 3.30. The Morgan fingerprint density at radius 3 is 2.95 bits per heavy atom. The molecule has 2 aromatic heterocycles. The highest BCUT2D eigenvalue weighted by Crippen LogP contribution is 2.35. The van der Waals surface area contributed by atoms with E-state index in [1.54, 1.807) is 12.3 Å². The van der Waals surface area contributed by atoms with Crippen LogP contribution in [0.25, 0.3) is 0 Å². The second-order valence-electron chi connectivity index (χ2n) is 4.82. The molecule has 3 N–H and O–H groups in total. The van der Waals surface area contributed by atoms with Gasteiger partial charge in [0.15, 0.2) is 5.03 Å². The average Bonchev–Trinajstić information content (AvgIpc) is 3.18. The molecule has 21 heavy (non-hydrogen) atoms. The second kappa shape index (κ2) is 5.01. The summed E-state index contributed by atoms with van der Waals surface area (Å²) in [6.07, 6.45) is 4.15. The van der Waals surface area contributed by atoms with Gasteiger partial charge >= 0.3 is 5.97 Å². The molecule has 9 heteroatoms. The highest BCUT2D eigenvalue weighted by Gasteiger charge is 2.39. The third-order valence-electron chi connectivity index (χ3n) is 3.59. The van der Waals surface area contributed by atoms with Crippen LogP contribution in [-0.2, 0) is 10.0 Å². The normalized spacial score (nSPS) is 19.9. The van der Waals surface area contributed by atoms with Gasteiger partial charge in [-0.15, -0.1) is 0 Å². The molecule has 3 rings (SSSR count). The number of hydrogen-bond acceptors (Lipinski definition) is 4. The number of nitrogens with zero attached hydrogens (tertiary/aromatic N) is 2. The number of aromatic nitrogens is 3. The summed E-state index contributed by atoms with van der Waals surface area (Å²) in [6, 6.07) is 3.32. The van der Waals surface area contributed by atoms with Gasteiger partial charge in [0.1, 0.15) is 5.56 Å². The topological polar surface area (TPSA) is 119 Å². The lowest BCUT2D eigenvalue weighted by atomic mass is 10.2. The van der Waals surface area contributed by atoms with Gasteiger partial charge in [-0.2, -0.15) is 9.40 Å². The van der Waals surface area contributed by atoms with Crippen molar-refractivity contribution in [2.75, 3.05) is 6.54 Å². The van der Waals surface area contributed by atoms with Gasteiger partial charge < -0.3 is 10.1 Å². The molecule has 1 atom stereocenters. The molecule has 3 heterocycles. The van der Waals surface area contributed by atoms with Gasteiger partial charge in [0.25, 0.3) is 10.0 Å². The number of carboxylic acids is 1. The number of nitrogens with one attached hydrogen (secondary N) is 2. The maximum absolute atomic E-state index is 12.7. The second-order valence-corrected chi connectivity index (χ2v) is 6.64. The first kappa shape index (κ1) is 13.8. The van der Waals surface area contributed by atoms with E-state index in [0.29, 0.717) is 13.0 Å². The first-order chi connectivity index (χ1) is 10.0. The SMILES string of the molecule is O=C(O)c1cn[nH]c1S(=O)(=O)N1CCCC1c1ccc[nH]1. The molecule has 0 spiro atoms. The zero-order valence-electron chi connectivity index (χ0n) is 11.0. The van der Waals surface area contributed by atoms with Crippen LogP contribution >= 0.6 is 0 Å². The summed E-state index contributed by atoms with van der Waals surface area (Å²) in [7, 11) is -3.93. The Bertz CT molecular complexity index is 750. The molecule has 1 fully saturated rings. The molecule has 0 saturated carbocycles. The predicted octanol–water partition coefficient (Wildman–Crippen LogP) is 0.962. The summed E-state index contributed by atoms with van der Waals surface area (Å²) in [5.74, 6) is -1.32. The number of aromatic carboxylic acids is 1. The number of carboxylic acid groups (broad SMARTS) is 1. The summed E-state index contributed by atoms with van der Waals surface area (Å²) in [6.45, 7) is 0.351. The van der Waals surface area contributed by atoms with Gasteiger partial charge in [-0.05, 0) is 25.0 Å². The number of hydrogen-bond donors (Lipinski definition) is 3. The first-order valence-corrected chi connectivity index (χ1v) is 7.87. The lowest BCUT2D eigenvalue weighted by molar-refractivity contribution is 0.0692. The van der Waals surface area contributed by atoms with Crippen molar-refractivity contribution in [3.05, 3.63) is 35.8 Å². The Morgan fingerprint density at radius 1 is 1.48 bits per heavy atom. The average molecular weight is 310 g/mol. The number of H-pyrrole nitrogens is 2. The molecule has 112 valence electrons. The van der Waals surface area contributed by atoms with Crippen LogP contribution in [0.4, 0.5) is 0 Å². The number of rotatable bonds is 4. The van der Waals surface area contributed by atoms with Crippen LogP contribution in [0.2, 0.25) is 0 Å². The van der Waals surface area contributed by atoms with E-state index in [4.69, 9.17) is 5.11 Å². The van der Waals surface area contributed by atoms with Crippen LogP contribution < -0.4 is 0 Å². The molecule has 8 nitrogen and oxygen atoms in total. The van der Waals surface area contributed by atoms with Crippen molar-refractivity contribution in [3.63, 3.8) is 0 Å². The molecule has 1 aliphatic heterocycles. The van der Waals surface area contributed by atoms with Crippen LogP contribution in [0.15, 0.2) is 29.6 Å². The molecular formula is C12H14N4O4S. The van der Waals surface area contributed by atoms with Gasteiger partial charge in [-0.1, -0.05) is 0 Å². The van der Waals surface area contributed by atoms with Crippen LogP contribution in [-0.4, -0.2) is 45.5 Å². The predicted molar refractivity (Wildman–Crippen MR) is 72.2 cm³/mol. The molecule has 1 saturated heterocycles. The van der Waals surface area contributed by atoms with Crippen LogP contribution in [0.3, 0.4) is 0 Å². The largest absolute Gasteiger partial charge is 0.478 e. The zero-order valence-corrected chi connectivity index (χ0v) is 11.8. The lowest BCUT2D eigenvalue weighted by Crippen LogP contribution is -2.32. The van der Waals surface area contributed by atoms with Crippen LogP contribution in [0.1, 0.15) is 34.9 Å². The number of sulfonamides is 1. The van der Waals surface area contributed by atoms with Crippen molar-refractivity contribution in [2.45, 2.75) is 23.9 Å². The van der Waals surface area contributed by atoms with E-state index in [0.717, 1.165) is 18.3 Å². The van der Waals surface area contributed by atoms with Crippen molar-refractivity contribution in [1.29, 1.82) is 0 Å². The smallest absolute Gasteiger partial charge is 0.340 e. The zero-order chi connectivity index (χ0) is 15.0. The Balaban J connectivity index is 2.01. The first-order valence-electron chi connectivity index (χ1n) is 6.43. The van der Waals surface area contributed by atoms with Crippen molar-refractivity contribution < 1.29 is 18.3 Å². The van der Waals surface area contributed by atoms with Crippen molar-refractivity contribution >= 4 is 16.0 Å². The van der Waals surface area contributed by atoms with Crippen molar-refractivity contribution in [1.82, 2.24) is 19.5 Å². The van der Waals surface area contributed by atoms with E-state index < -0.39 is 16.0 Å². The van der Waals surface area contributed by atoms with Crippen molar-refractivity contribution in [3.8, 4) is 0 Å². The molecule has 0 aromatic carbocycles. The van der Waals surface area contributed by atoms with E-state index in [-0.39, 0.29) is 16.6 Å². The highest BCUT2D eigenvalue weighted by atomic mass is 32.2. The minimum absolute atomic E-state index is 0.310. The number of aromatic amines is 2. The van der Waals surface area contributed by atoms with Gasteiger partial charge in [0.2, 0.25) is 0 Å². The summed E-state index contributed by atoms with van der Waals surface area (Å²) >= 11 is 0. The van der Waals surface area contributed by atoms with Crippen LogP contribution in [0, 0.1) is 0 Å². The number of carbonyl (C=O) groups is 1. The fourth-order valence-electron chi connectivity index (χ4n) is 2.63. The Hall–Kier alpha value is -2.13. The van der Waals surface area contributed by atoms with E-state index in [9.17, 15) is 13.2 Å². The standard InChI is InChI=1S/C12H14N4O4S/c17-12(18)8-7-14-15-11(8)21(19,20)16-6-2-4-10(16)9-3-1-5-13-9/h1,3,5,7,10,13H,2,4,6H2,(H,14,15)(H,17,18). The summed E-state index contributed by atoms with van der Waals surface area (Å²) < 4.78 is 26.7. The summed E-state index contributed by atoms with van der Waals surface area (Å²) in [5.41, 5.74) is 0.458. The fraction of sp³-hybridized carbons (Fsp3) is 0.333. The van der Waals surface area contributed by atoms with Gasteiger partial charge in [-0.25, -0.2) is 13.2 Å². The highest BCUT2D eigenvalue weighted by molar-refractivity contribution is 7.89. The quantitative estimate of drug-likeness (QED) is 0.777. The minimum Gasteiger partial charge on any atom is -0.478 e. The van der Waals surface area contributed by atoms with E-state index >= 15 is 0 Å². The maximum atomic E-state index is 12.7. The molecule has 0 radical (unpaired) electrons. The summed E-state index contributed by atoms with van der Waals surface area (Å²) in [4.78, 5) is 14.1. The Morgan fingerprint density at radius 2 is 2.29 bits per heavy atom. The van der Waals surface area contributed by atoms with E-state index in [1.165, 1.54) is 4.31 Å². The third-order valence-corrected chi connectivity index (χ3v) is 5.47.